The molecule has 1 heteroatoms. The highest BCUT2D eigenvalue weighted by Gasteiger charge is 2.17. The summed E-state index contributed by atoms with van der Waals surface area (Å²) < 4.78 is 5.50. The van der Waals surface area contributed by atoms with Crippen molar-refractivity contribution in [3.63, 3.8) is 0 Å². The third kappa shape index (κ3) is 2.96. The number of rotatable bonds is 2. The van der Waals surface area contributed by atoms with Gasteiger partial charge in [0, 0.05) is 0 Å². The standard InChI is InChI=1S/C10H18O/c1-3-8-11-10-6-4-9(2)5-7-10/h3,8-10H,4-7H2,1-2H3. The summed E-state index contributed by atoms with van der Waals surface area (Å²) in [7, 11) is 0. The fraction of sp³-hybridized carbons (Fsp3) is 0.800. The molecule has 0 unspecified atom stereocenters. The first-order valence-electron chi connectivity index (χ1n) is 4.59. The van der Waals surface area contributed by atoms with E-state index in [1.165, 1.54) is 25.7 Å². The Bertz CT molecular complexity index is 121. The van der Waals surface area contributed by atoms with E-state index >= 15 is 0 Å². The van der Waals surface area contributed by atoms with Crippen LogP contribution >= 0.6 is 0 Å². The Hall–Kier alpha value is -0.460. The lowest BCUT2D eigenvalue weighted by Crippen LogP contribution is -2.18. The molecule has 0 saturated heterocycles. The van der Waals surface area contributed by atoms with Crippen molar-refractivity contribution in [2.45, 2.75) is 45.6 Å². The van der Waals surface area contributed by atoms with Crippen molar-refractivity contribution in [3.8, 4) is 0 Å². The second-order valence-electron chi connectivity index (χ2n) is 3.49. The number of allylic oxidation sites excluding steroid dienone is 1. The van der Waals surface area contributed by atoms with Crippen LogP contribution in [0, 0.1) is 5.92 Å². The van der Waals surface area contributed by atoms with Gasteiger partial charge in [-0.1, -0.05) is 13.0 Å². The van der Waals surface area contributed by atoms with E-state index in [0.29, 0.717) is 6.10 Å². The molecule has 0 atom stereocenters. The molecular weight excluding hydrogens is 136 g/mol. The van der Waals surface area contributed by atoms with Gasteiger partial charge in [-0.15, -0.1) is 0 Å². The summed E-state index contributed by atoms with van der Waals surface area (Å²) in [6.45, 7) is 4.32. The van der Waals surface area contributed by atoms with E-state index in [1.54, 1.807) is 0 Å². The highest BCUT2D eigenvalue weighted by Crippen LogP contribution is 2.25. The summed E-state index contributed by atoms with van der Waals surface area (Å²) in [5.74, 6) is 0.917. The third-order valence-electron chi connectivity index (χ3n) is 2.37. The van der Waals surface area contributed by atoms with Gasteiger partial charge in [-0.3, -0.25) is 0 Å². The van der Waals surface area contributed by atoms with Gasteiger partial charge in [-0.05, 0) is 38.5 Å². The summed E-state index contributed by atoms with van der Waals surface area (Å²) in [4.78, 5) is 0. The molecule has 1 fully saturated rings. The lowest BCUT2D eigenvalue weighted by Gasteiger charge is -2.25. The summed E-state index contributed by atoms with van der Waals surface area (Å²) in [5, 5.41) is 0. The van der Waals surface area contributed by atoms with Crippen LogP contribution < -0.4 is 0 Å². The molecule has 0 aromatic rings. The van der Waals surface area contributed by atoms with Crippen molar-refractivity contribution in [2.24, 2.45) is 5.92 Å². The van der Waals surface area contributed by atoms with E-state index in [0.717, 1.165) is 5.92 Å². The van der Waals surface area contributed by atoms with Crippen LogP contribution in [-0.2, 0) is 4.74 Å². The maximum atomic E-state index is 5.50. The molecule has 0 amide bonds. The Morgan fingerprint density at radius 1 is 1.18 bits per heavy atom. The van der Waals surface area contributed by atoms with Crippen LogP contribution in [0.2, 0.25) is 0 Å². The lowest BCUT2D eigenvalue weighted by atomic mass is 9.89. The quantitative estimate of drug-likeness (QED) is 0.555. The largest absolute Gasteiger partial charge is 0.498 e. The van der Waals surface area contributed by atoms with Gasteiger partial charge >= 0.3 is 0 Å². The van der Waals surface area contributed by atoms with Crippen LogP contribution in [0.25, 0.3) is 0 Å². The molecule has 0 heterocycles. The Labute approximate surface area is 69.4 Å². The van der Waals surface area contributed by atoms with Crippen LogP contribution in [0.1, 0.15) is 39.5 Å². The van der Waals surface area contributed by atoms with Crippen LogP contribution in [0.5, 0.6) is 0 Å². The highest BCUT2D eigenvalue weighted by atomic mass is 16.5. The molecule has 1 nitrogen and oxygen atoms in total. The molecule has 0 radical (unpaired) electrons. The van der Waals surface area contributed by atoms with Crippen LogP contribution in [0.4, 0.5) is 0 Å². The minimum atomic E-state index is 0.502. The van der Waals surface area contributed by atoms with Gasteiger partial charge in [0.05, 0.1) is 12.4 Å². The van der Waals surface area contributed by atoms with Crippen molar-refractivity contribution in [2.75, 3.05) is 0 Å². The summed E-state index contributed by atoms with van der Waals surface area (Å²) in [5.41, 5.74) is 0. The van der Waals surface area contributed by atoms with E-state index in [9.17, 15) is 0 Å². The topological polar surface area (TPSA) is 9.23 Å². The van der Waals surface area contributed by atoms with Crippen LogP contribution in [0.3, 0.4) is 0 Å². The molecule has 11 heavy (non-hydrogen) atoms. The zero-order valence-electron chi connectivity index (χ0n) is 7.55. The molecule has 0 aromatic heterocycles. The van der Waals surface area contributed by atoms with E-state index in [4.69, 9.17) is 4.74 Å². The van der Waals surface area contributed by atoms with Gasteiger partial charge in [0.1, 0.15) is 0 Å². The van der Waals surface area contributed by atoms with Gasteiger partial charge in [0.15, 0.2) is 0 Å². The zero-order valence-corrected chi connectivity index (χ0v) is 7.55. The third-order valence-corrected chi connectivity index (χ3v) is 2.37. The highest BCUT2D eigenvalue weighted by molar-refractivity contribution is 4.74. The smallest absolute Gasteiger partial charge is 0.0978 e. The lowest BCUT2D eigenvalue weighted by molar-refractivity contribution is 0.0912. The first-order valence-corrected chi connectivity index (χ1v) is 4.59. The number of hydrogen-bond acceptors (Lipinski definition) is 1. The molecule has 1 rings (SSSR count). The Balaban J connectivity index is 2.17. The van der Waals surface area contributed by atoms with Gasteiger partial charge in [-0.2, -0.15) is 0 Å². The molecule has 64 valence electrons. The van der Waals surface area contributed by atoms with Gasteiger partial charge in [0.25, 0.3) is 0 Å². The Morgan fingerprint density at radius 2 is 1.82 bits per heavy atom. The fourth-order valence-corrected chi connectivity index (χ4v) is 1.56. The number of hydrogen-bond donors (Lipinski definition) is 0. The summed E-state index contributed by atoms with van der Waals surface area (Å²) >= 11 is 0. The SMILES string of the molecule is CC=COC1CCC(C)CC1. The van der Waals surface area contributed by atoms with E-state index in [-0.39, 0.29) is 0 Å². The molecule has 0 spiro atoms. The molecule has 1 saturated carbocycles. The second-order valence-corrected chi connectivity index (χ2v) is 3.49. The van der Waals surface area contributed by atoms with Crippen molar-refractivity contribution in [1.29, 1.82) is 0 Å². The van der Waals surface area contributed by atoms with E-state index in [2.05, 4.69) is 6.92 Å². The predicted octanol–water partition coefficient (Wildman–Crippen LogP) is 3.12. The summed E-state index contributed by atoms with van der Waals surface area (Å²) in [6.07, 6.45) is 9.43. The first-order chi connectivity index (χ1) is 5.33. The maximum absolute atomic E-state index is 5.50. The minimum absolute atomic E-state index is 0.502. The number of ether oxygens (including phenoxy) is 1. The van der Waals surface area contributed by atoms with Gasteiger partial charge < -0.3 is 4.74 Å². The van der Waals surface area contributed by atoms with Crippen molar-refractivity contribution >= 4 is 0 Å². The predicted molar refractivity (Wildman–Crippen MR) is 47.3 cm³/mol. The fourth-order valence-electron chi connectivity index (χ4n) is 1.56. The van der Waals surface area contributed by atoms with Crippen molar-refractivity contribution < 1.29 is 4.74 Å². The Morgan fingerprint density at radius 3 is 2.36 bits per heavy atom. The molecule has 0 N–H and O–H groups in total. The first kappa shape index (κ1) is 8.63. The molecule has 1 aliphatic rings. The maximum Gasteiger partial charge on any atom is 0.0978 e. The summed E-state index contributed by atoms with van der Waals surface area (Å²) in [6, 6.07) is 0. The average molecular weight is 154 g/mol. The van der Waals surface area contributed by atoms with Gasteiger partial charge in [0.2, 0.25) is 0 Å². The molecule has 0 aromatic carbocycles. The normalized spacial score (nSPS) is 32.5. The van der Waals surface area contributed by atoms with Gasteiger partial charge in [-0.25, -0.2) is 0 Å². The molecular formula is C10H18O. The second kappa shape index (κ2) is 4.42. The van der Waals surface area contributed by atoms with E-state index in [1.807, 2.05) is 19.3 Å². The van der Waals surface area contributed by atoms with Crippen LogP contribution in [0.15, 0.2) is 12.3 Å². The molecule has 0 aliphatic heterocycles. The van der Waals surface area contributed by atoms with Crippen molar-refractivity contribution in [3.05, 3.63) is 12.3 Å². The monoisotopic (exact) mass is 154 g/mol. The van der Waals surface area contributed by atoms with Crippen LogP contribution in [-0.4, -0.2) is 6.10 Å². The van der Waals surface area contributed by atoms with E-state index < -0.39 is 0 Å². The minimum Gasteiger partial charge on any atom is -0.498 e. The zero-order chi connectivity index (χ0) is 8.10. The molecule has 1 aliphatic carbocycles. The average Bonchev–Trinajstić information content (AvgIpc) is 2.04. The molecule has 0 bridgehead atoms. The van der Waals surface area contributed by atoms with Crippen molar-refractivity contribution in [1.82, 2.24) is 0 Å². The Kier molecular flexibility index (Phi) is 3.47.